The quantitative estimate of drug-likeness (QED) is 0.190. The van der Waals surface area contributed by atoms with E-state index in [1.165, 1.54) is 89.9 Å². The monoisotopic (exact) mass is 300 g/mol. The van der Waals surface area contributed by atoms with Crippen molar-refractivity contribution < 1.29 is 9.48 Å². The van der Waals surface area contributed by atoms with Crippen LogP contribution in [0.1, 0.15) is 96.8 Å². The maximum absolute atomic E-state index is 5.39. The largest absolute Gasteiger partial charge is 0.207 e. The molecule has 0 radical (unpaired) electrons. The van der Waals surface area contributed by atoms with Crippen molar-refractivity contribution in [2.75, 3.05) is 27.7 Å². The van der Waals surface area contributed by atoms with Crippen molar-refractivity contribution in [2.45, 2.75) is 96.8 Å². The minimum Gasteiger partial charge on any atom is -0.207 e. The number of hydroxylamine groups is 3. The average Bonchev–Trinajstić information content (AvgIpc) is 2.47. The fraction of sp³-hybridized carbons (Fsp3) is 1.00. The molecule has 2 nitrogen and oxygen atoms in total. The molecule has 0 aliphatic rings. The van der Waals surface area contributed by atoms with Crippen LogP contribution in [0.5, 0.6) is 0 Å². The highest BCUT2D eigenvalue weighted by Gasteiger charge is 2.12. The van der Waals surface area contributed by atoms with Crippen molar-refractivity contribution in [2.24, 2.45) is 0 Å². The molecule has 0 rings (SSSR count). The second-order valence-electron chi connectivity index (χ2n) is 7.08. The number of quaternary nitrogens is 1. The van der Waals surface area contributed by atoms with Crippen LogP contribution in [-0.4, -0.2) is 32.4 Å². The summed E-state index contributed by atoms with van der Waals surface area (Å²) in [4.78, 5) is 5.39. The maximum Gasteiger partial charge on any atom is 0.108 e. The molecule has 0 aliphatic carbocycles. The van der Waals surface area contributed by atoms with E-state index in [4.69, 9.17) is 4.84 Å². The molecule has 0 fully saturated rings. The Hall–Kier alpha value is -0.0800. The number of nitrogens with zero attached hydrogens (tertiary/aromatic N) is 1. The lowest BCUT2D eigenvalue weighted by molar-refractivity contribution is -1.07. The van der Waals surface area contributed by atoms with Gasteiger partial charge in [-0.1, -0.05) is 84.0 Å². The highest BCUT2D eigenvalue weighted by molar-refractivity contribution is 4.49. The lowest BCUT2D eigenvalue weighted by atomic mass is 10.0. The van der Waals surface area contributed by atoms with Gasteiger partial charge in [0.25, 0.3) is 0 Å². The van der Waals surface area contributed by atoms with E-state index in [0.29, 0.717) is 4.65 Å². The van der Waals surface area contributed by atoms with E-state index in [9.17, 15) is 0 Å². The minimum atomic E-state index is 0.693. The zero-order valence-corrected chi connectivity index (χ0v) is 15.5. The fourth-order valence-electron chi connectivity index (χ4n) is 2.78. The standard InChI is InChI=1S/C19H42NO/c1-5-6-7-8-9-10-11-12-13-14-15-16-17-18-19-20(2,3)21-4/h5-19H2,1-4H3/q+1. The van der Waals surface area contributed by atoms with Crippen LogP contribution in [0.2, 0.25) is 0 Å². The van der Waals surface area contributed by atoms with Crippen LogP contribution < -0.4 is 0 Å². The normalized spacial score (nSPS) is 12.0. The summed E-state index contributed by atoms with van der Waals surface area (Å²) in [6, 6.07) is 0. The molecule has 0 aromatic rings. The van der Waals surface area contributed by atoms with Gasteiger partial charge in [0.05, 0.1) is 21.2 Å². The molecule has 0 saturated heterocycles. The summed E-state index contributed by atoms with van der Waals surface area (Å²) < 4.78 is 0.693. The van der Waals surface area contributed by atoms with Gasteiger partial charge in [-0.05, 0) is 12.8 Å². The predicted molar refractivity (Wildman–Crippen MR) is 94.3 cm³/mol. The van der Waals surface area contributed by atoms with Crippen molar-refractivity contribution >= 4 is 0 Å². The van der Waals surface area contributed by atoms with Crippen LogP contribution in [0.15, 0.2) is 0 Å². The van der Waals surface area contributed by atoms with Gasteiger partial charge in [-0.2, -0.15) is 4.65 Å². The molecule has 128 valence electrons. The number of hydrogen-bond acceptors (Lipinski definition) is 1. The molecule has 0 heterocycles. The Morgan fingerprint density at radius 2 is 0.905 bits per heavy atom. The van der Waals surface area contributed by atoms with Crippen molar-refractivity contribution in [3.05, 3.63) is 0 Å². The van der Waals surface area contributed by atoms with Gasteiger partial charge in [-0.3, -0.25) is 0 Å². The van der Waals surface area contributed by atoms with Crippen molar-refractivity contribution in [3.8, 4) is 0 Å². The van der Waals surface area contributed by atoms with Crippen molar-refractivity contribution in [1.29, 1.82) is 0 Å². The van der Waals surface area contributed by atoms with Gasteiger partial charge in [-0.25, -0.2) is 4.84 Å². The molecule has 0 unspecified atom stereocenters. The minimum absolute atomic E-state index is 0.693. The van der Waals surface area contributed by atoms with E-state index in [1.54, 1.807) is 7.11 Å². The second-order valence-corrected chi connectivity index (χ2v) is 7.08. The molecule has 0 aromatic carbocycles. The van der Waals surface area contributed by atoms with Crippen LogP contribution in [-0.2, 0) is 4.84 Å². The van der Waals surface area contributed by atoms with Gasteiger partial charge >= 0.3 is 0 Å². The van der Waals surface area contributed by atoms with Gasteiger partial charge in [0.1, 0.15) is 6.54 Å². The van der Waals surface area contributed by atoms with Gasteiger partial charge < -0.3 is 0 Å². The van der Waals surface area contributed by atoms with Crippen LogP contribution in [0, 0.1) is 0 Å². The van der Waals surface area contributed by atoms with E-state index in [2.05, 4.69) is 21.0 Å². The van der Waals surface area contributed by atoms with E-state index in [1.807, 2.05) is 0 Å². The van der Waals surface area contributed by atoms with E-state index >= 15 is 0 Å². The lowest BCUT2D eigenvalue weighted by Gasteiger charge is -2.24. The first-order chi connectivity index (χ1) is 10.1. The summed E-state index contributed by atoms with van der Waals surface area (Å²) in [5, 5.41) is 0. The first-order valence-corrected chi connectivity index (χ1v) is 9.51. The fourth-order valence-corrected chi connectivity index (χ4v) is 2.78. The van der Waals surface area contributed by atoms with Gasteiger partial charge in [0.2, 0.25) is 0 Å². The third kappa shape index (κ3) is 16.1. The molecule has 0 aliphatic heterocycles. The summed E-state index contributed by atoms with van der Waals surface area (Å²) in [6.45, 7) is 3.42. The van der Waals surface area contributed by atoms with Gasteiger partial charge in [0.15, 0.2) is 0 Å². The molecular formula is C19H42NO+. The molecule has 0 aromatic heterocycles. The molecule has 0 N–H and O–H groups in total. The molecular weight excluding hydrogens is 258 g/mol. The van der Waals surface area contributed by atoms with Crippen molar-refractivity contribution in [3.63, 3.8) is 0 Å². The highest BCUT2D eigenvalue weighted by Crippen LogP contribution is 2.13. The third-order valence-electron chi connectivity index (χ3n) is 4.54. The predicted octanol–water partition coefficient (Wildman–Crippen LogP) is 6.11. The summed E-state index contributed by atoms with van der Waals surface area (Å²) >= 11 is 0. The molecule has 21 heavy (non-hydrogen) atoms. The first-order valence-electron chi connectivity index (χ1n) is 9.51. The van der Waals surface area contributed by atoms with E-state index in [0.717, 1.165) is 6.54 Å². The van der Waals surface area contributed by atoms with Crippen molar-refractivity contribution in [1.82, 2.24) is 0 Å². The SMILES string of the molecule is CCCCCCCCCCCCCCCC[N+](C)(C)OC. The summed E-state index contributed by atoms with van der Waals surface area (Å²) in [6.07, 6.45) is 19.9. The summed E-state index contributed by atoms with van der Waals surface area (Å²) in [5.41, 5.74) is 0. The lowest BCUT2D eigenvalue weighted by Crippen LogP contribution is -2.38. The van der Waals surface area contributed by atoms with Crippen LogP contribution in [0.3, 0.4) is 0 Å². The van der Waals surface area contributed by atoms with E-state index < -0.39 is 0 Å². The Labute approximate surface area is 134 Å². The Morgan fingerprint density at radius 3 is 1.24 bits per heavy atom. The Bertz CT molecular complexity index is 204. The molecule has 0 saturated carbocycles. The number of hydrogen-bond donors (Lipinski definition) is 0. The number of unbranched alkanes of at least 4 members (excludes halogenated alkanes) is 13. The molecule has 0 bridgehead atoms. The van der Waals surface area contributed by atoms with Gasteiger partial charge in [0, 0.05) is 0 Å². The van der Waals surface area contributed by atoms with Crippen LogP contribution >= 0.6 is 0 Å². The number of rotatable bonds is 16. The maximum atomic E-state index is 5.39. The Kier molecular flexibility index (Phi) is 14.8. The van der Waals surface area contributed by atoms with E-state index in [-0.39, 0.29) is 0 Å². The zero-order valence-electron chi connectivity index (χ0n) is 15.5. The summed E-state index contributed by atoms with van der Waals surface area (Å²) in [5.74, 6) is 0. The van der Waals surface area contributed by atoms with Crippen LogP contribution in [0.25, 0.3) is 0 Å². The third-order valence-corrected chi connectivity index (χ3v) is 4.54. The van der Waals surface area contributed by atoms with Gasteiger partial charge in [-0.15, -0.1) is 0 Å². The summed E-state index contributed by atoms with van der Waals surface area (Å²) in [7, 11) is 6.05. The molecule has 0 amide bonds. The zero-order chi connectivity index (χ0) is 15.8. The molecule has 0 spiro atoms. The molecule has 0 atom stereocenters. The smallest absolute Gasteiger partial charge is 0.108 e. The topological polar surface area (TPSA) is 9.23 Å². The highest BCUT2D eigenvalue weighted by atomic mass is 16.7. The average molecular weight is 301 g/mol. The van der Waals surface area contributed by atoms with Crippen LogP contribution in [0.4, 0.5) is 0 Å². The Morgan fingerprint density at radius 1 is 0.571 bits per heavy atom. The Balaban J connectivity index is 3.06. The second kappa shape index (κ2) is 14.8. The molecule has 2 heteroatoms. The first kappa shape index (κ1) is 20.9.